The summed E-state index contributed by atoms with van der Waals surface area (Å²) < 4.78 is 20.8. The van der Waals surface area contributed by atoms with Gasteiger partial charge >= 0.3 is 6.01 Å². The van der Waals surface area contributed by atoms with Crippen LogP contribution < -0.4 is 4.74 Å². The van der Waals surface area contributed by atoms with Crippen molar-refractivity contribution in [3.8, 4) is 34.4 Å². The maximum absolute atomic E-state index is 13.4. The number of aromatic nitrogens is 4. The number of hydrogen-bond acceptors (Lipinski definition) is 6. The predicted octanol–water partition coefficient (Wildman–Crippen LogP) is 4.12. The number of nitrogens with zero attached hydrogens (tertiary/aromatic N) is 4. The Morgan fingerprint density at radius 1 is 0.968 bits per heavy atom. The number of aryl methyl sites for hydroxylation is 1. The lowest BCUT2D eigenvalue weighted by Gasteiger charge is -2.19. The van der Waals surface area contributed by atoms with Gasteiger partial charge < -0.3 is 19.5 Å². The van der Waals surface area contributed by atoms with Gasteiger partial charge in [-0.25, -0.2) is 14.4 Å². The van der Waals surface area contributed by atoms with Gasteiger partial charge in [-0.15, -0.1) is 0 Å². The van der Waals surface area contributed by atoms with E-state index in [-0.39, 0.29) is 11.8 Å². The highest BCUT2D eigenvalue weighted by atomic mass is 19.1. The van der Waals surface area contributed by atoms with Crippen molar-refractivity contribution in [2.24, 2.45) is 0 Å². The third kappa shape index (κ3) is 4.45. The zero-order valence-electron chi connectivity index (χ0n) is 17.0. The fraction of sp³-hybridized carbons (Fsp3) is 0.174. The van der Waals surface area contributed by atoms with E-state index < -0.39 is 12.3 Å². The second-order valence-corrected chi connectivity index (χ2v) is 7.15. The van der Waals surface area contributed by atoms with Crippen molar-refractivity contribution in [1.29, 1.82) is 0 Å². The molecule has 1 atom stereocenters. The van der Waals surface area contributed by atoms with Gasteiger partial charge in [0.1, 0.15) is 11.6 Å². The first-order chi connectivity index (χ1) is 14.9. The molecular formula is C23H21FN4O3. The SMILES string of the molecule is Cc1ccc(Oc2nccc(-c3c(-c4ccc(F)cc4)ncn3C(C)C(O)O)n2)cc1. The van der Waals surface area contributed by atoms with E-state index >= 15 is 0 Å². The molecule has 2 N–H and O–H groups in total. The fourth-order valence-electron chi connectivity index (χ4n) is 3.12. The molecule has 2 aromatic carbocycles. The quantitative estimate of drug-likeness (QED) is 0.456. The van der Waals surface area contributed by atoms with E-state index in [4.69, 9.17) is 4.74 Å². The van der Waals surface area contributed by atoms with Crippen LogP contribution in [-0.2, 0) is 0 Å². The van der Waals surface area contributed by atoms with Gasteiger partial charge in [-0.05, 0) is 56.3 Å². The van der Waals surface area contributed by atoms with Crippen molar-refractivity contribution >= 4 is 0 Å². The summed E-state index contributed by atoms with van der Waals surface area (Å²) in [6, 6.07) is 14.5. The van der Waals surface area contributed by atoms with Gasteiger partial charge in [0.05, 0.1) is 29.5 Å². The molecule has 31 heavy (non-hydrogen) atoms. The Morgan fingerprint density at radius 2 is 1.68 bits per heavy atom. The van der Waals surface area contributed by atoms with Crippen LogP contribution in [0.15, 0.2) is 67.1 Å². The first-order valence-corrected chi connectivity index (χ1v) is 9.69. The Hall–Kier alpha value is -3.62. The number of imidazole rings is 1. The molecule has 0 spiro atoms. The number of aliphatic hydroxyl groups excluding tert-OH is 1. The molecule has 0 aliphatic heterocycles. The maximum Gasteiger partial charge on any atom is 0.322 e. The molecule has 0 aliphatic rings. The lowest BCUT2D eigenvalue weighted by Crippen LogP contribution is -2.21. The lowest BCUT2D eigenvalue weighted by atomic mass is 10.1. The van der Waals surface area contributed by atoms with Crippen molar-refractivity contribution in [2.75, 3.05) is 0 Å². The highest BCUT2D eigenvalue weighted by Gasteiger charge is 2.23. The van der Waals surface area contributed by atoms with Gasteiger partial charge in [0.15, 0.2) is 6.29 Å². The standard InChI is InChI=1S/C23H21FN4O3/c1-14-3-9-18(10-4-14)31-23-25-12-11-19(27-23)21-20(16-5-7-17(24)8-6-16)26-13-28(21)15(2)22(29)30/h3-13,15,22,29-30H,1-2H3. The number of rotatable bonds is 6. The van der Waals surface area contributed by atoms with Crippen LogP contribution in [0.4, 0.5) is 4.39 Å². The monoisotopic (exact) mass is 420 g/mol. The zero-order chi connectivity index (χ0) is 22.0. The normalized spacial score (nSPS) is 12.2. The topological polar surface area (TPSA) is 93.3 Å². The molecule has 4 aromatic rings. The molecule has 1 unspecified atom stereocenters. The molecule has 2 heterocycles. The molecule has 2 aromatic heterocycles. The molecule has 4 rings (SSSR count). The third-order valence-corrected chi connectivity index (χ3v) is 4.89. The molecule has 158 valence electrons. The first-order valence-electron chi connectivity index (χ1n) is 9.69. The zero-order valence-corrected chi connectivity index (χ0v) is 17.0. The summed E-state index contributed by atoms with van der Waals surface area (Å²) in [4.78, 5) is 13.1. The van der Waals surface area contributed by atoms with Gasteiger partial charge in [-0.3, -0.25) is 0 Å². The molecule has 0 amide bonds. The number of halogens is 1. The smallest absolute Gasteiger partial charge is 0.322 e. The summed E-state index contributed by atoms with van der Waals surface area (Å²) in [5.74, 6) is 0.230. The molecule has 0 fully saturated rings. The predicted molar refractivity (Wildman–Crippen MR) is 113 cm³/mol. The second-order valence-electron chi connectivity index (χ2n) is 7.15. The van der Waals surface area contributed by atoms with Crippen LogP contribution in [0, 0.1) is 12.7 Å². The van der Waals surface area contributed by atoms with Crippen molar-refractivity contribution in [3.63, 3.8) is 0 Å². The van der Waals surface area contributed by atoms with Gasteiger partial charge in [0.25, 0.3) is 0 Å². The van der Waals surface area contributed by atoms with Crippen LogP contribution in [-0.4, -0.2) is 36.0 Å². The van der Waals surface area contributed by atoms with Crippen molar-refractivity contribution < 1.29 is 19.3 Å². The average Bonchev–Trinajstić information content (AvgIpc) is 3.20. The maximum atomic E-state index is 13.4. The van der Waals surface area contributed by atoms with Gasteiger partial charge in [-0.2, -0.15) is 4.98 Å². The Kier molecular flexibility index (Phi) is 5.75. The first kappa shape index (κ1) is 20.6. The van der Waals surface area contributed by atoms with E-state index in [0.717, 1.165) is 5.56 Å². The van der Waals surface area contributed by atoms with E-state index in [1.807, 2.05) is 31.2 Å². The Labute approximate surface area is 178 Å². The Balaban J connectivity index is 1.79. The molecule has 0 radical (unpaired) electrons. The minimum atomic E-state index is -1.61. The van der Waals surface area contributed by atoms with E-state index in [1.54, 1.807) is 35.9 Å². The van der Waals surface area contributed by atoms with Crippen LogP contribution in [0.5, 0.6) is 11.8 Å². The highest BCUT2D eigenvalue weighted by molar-refractivity contribution is 5.77. The van der Waals surface area contributed by atoms with Crippen LogP contribution in [0.2, 0.25) is 0 Å². The van der Waals surface area contributed by atoms with E-state index in [0.29, 0.717) is 28.4 Å². The van der Waals surface area contributed by atoms with Gasteiger partial charge in [0.2, 0.25) is 0 Å². The minimum Gasteiger partial charge on any atom is -0.424 e. The molecular weight excluding hydrogens is 399 g/mol. The van der Waals surface area contributed by atoms with Gasteiger partial charge in [0, 0.05) is 11.8 Å². The summed E-state index contributed by atoms with van der Waals surface area (Å²) in [5, 5.41) is 19.5. The highest BCUT2D eigenvalue weighted by Crippen LogP contribution is 2.33. The summed E-state index contributed by atoms with van der Waals surface area (Å²) in [7, 11) is 0. The van der Waals surface area contributed by atoms with E-state index in [2.05, 4.69) is 15.0 Å². The van der Waals surface area contributed by atoms with Crippen LogP contribution in [0.1, 0.15) is 18.5 Å². The molecule has 0 saturated heterocycles. The molecule has 0 bridgehead atoms. The number of aliphatic hydroxyl groups is 2. The average molecular weight is 420 g/mol. The number of benzene rings is 2. The molecule has 0 aliphatic carbocycles. The largest absolute Gasteiger partial charge is 0.424 e. The van der Waals surface area contributed by atoms with Crippen molar-refractivity contribution in [2.45, 2.75) is 26.2 Å². The molecule has 8 heteroatoms. The minimum absolute atomic E-state index is 0.136. The van der Waals surface area contributed by atoms with E-state index in [1.165, 1.54) is 18.5 Å². The summed E-state index contributed by atoms with van der Waals surface area (Å²) in [5.41, 5.74) is 3.29. The molecule has 7 nitrogen and oxygen atoms in total. The van der Waals surface area contributed by atoms with Crippen LogP contribution in [0.25, 0.3) is 22.6 Å². The second kappa shape index (κ2) is 8.63. The summed E-state index contributed by atoms with van der Waals surface area (Å²) in [6.07, 6.45) is 1.44. The van der Waals surface area contributed by atoms with Crippen LogP contribution in [0.3, 0.4) is 0 Å². The van der Waals surface area contributed by atoms with E-state index in [9.17, 15) is 14.6 Å². The van der Waals surface area contributed by atoms with Crippen molar-refractivity contribution in [3.05, 3.63) is 78.5 Å². The molecule has 0 saturated carbocycles. The van der Waals surface area contributed by atoms with Crippen LogP contribution >= 0.6 is 0 Å². The van der Waals surface area contributed by atoms with Crippen molar-refractivity contribution in [1.82, 2.24) is 19.5 Å². The third-order valence-electron chi connectivity index (χ3n) is 4.89. The summed E-state index contributed by atoms with van der Waals surface area (Å²) in [6.45, 7) is 3.63. The number of hydrogen-bond donors (Lipinski definition) is 2. The fourth-order valence-corrected chi connectivity index (χ4v) is 3.12. The number of ether oxygens (including phenoxy) is 1. The Bertz CT molecular complexity index is 1170. The Morgan fingerprint density at radius 3 is 2.35 bits per heavy atom. The van der Waals surface area contributed by atoms with Gasteiger partial charge in [-0.1, -0.05) is 17.7 Å². The lowest BCUT2D eigenvalue weighted by molar-refractivity contribution is -0.0726. The summed E-state index contributed by atoms with van der Waals surface area (Å²) >= 11 is 0.